The van der Waals surface area contributed by atoms with E-state index in [0.717, 1.165) is 0 Å². The molecular formula is C36H62O27. The third-order valence-corrected chi connectivity index (χ3v) is 12.3. The molecule has 6 aliphatic rings. The van der Waals surface area contributed by atoms with E-state index in [-0.39, 0.29) is 0 Å². The molecule has 27 heteroatoms. The van der Waals surface area contributed by atoms with Crippen LogP contribution in [0.5, 0.6) is 0 Å². The van der Waals surface area contributed by atoms with Crippen LogP contribution in [0.1, 0.15) is 27.7 Å². The van der Waals surface area contributed by atoms with Crippen LogP contribution in [-0.4, -0.2) is 279 Å². The van der Waals surface area contributed by atoms with Crippen LogP contribution >= 0.6 is 0 Å². The predicted molar refractivity (Wildman–Crippen MR) is 194 cm³/mol. The SMILES string of the molecule is C[C@@H]1O[C@@H](OC[C@H]2O[C@@H](O)[C@H](O[C@@H]3O[C@H](CO)[C@@H](O)[C@H](O)[C@H]3O[C@@H]3O[C@@H](C)[C@H](O[C@@H]4O[C@H](C)[C@@H](O)[C@H](O[C@@H]5O[C@@H](C)[C@H](O)[C@@H](O)[C@H]5O)[C@H]4O)[C@@H](O)[C@H]3O)[C@@H](O)[C@@H]2O)[C@H](O)[C@H](O)[C@H]1O. The van der Waals surface area contributed by atoms with E-state index in [1.54, 1.807) is 0 Å². The Hall–Kier alpha value is -1.08. The van der Waals surface area contributed by atoms with E-state index in [4.69, 9.17) is 52.1 Å². The Balaban J connectivity index is 1.10. The average Bonchev–Trinajstić information content (AvgIpc) is 3.25. The van der Waals surface area contributed by atoms with Crippen LogP contribution in [0.4, 0.5) is 0 Å². The summed E-state index contributed by atoms with van der Waals surface area (Å²) in [5.41, 5.74) is 0. The third kappa shape index (κ3) is 10.5. The smallest absolute Gasteiger partial charge is 0.187 e. The van der Waals surface area contributed by atoms with Crippen molar-refractivity contribution in [3.63, 3.8) is 0 Å². The van der Waals surface area contributed by atoms with Crippen LogP contribution < -0.4 is 0 Å². The summed E-state index contributed by atoms with van der Waals surface area (Å²) in [5, 5.41) is 170. The minimum absolute atomic E-state index is 0.637. The van der Waals surface area contributed by atoms with Crippen LogP contribution in [0, 0.1) is 0 Å². The van der Waals surface area contributed by atoms with Gasteiger partial charge in [-0.25, -0.2) is 0 Å². The van der Waals surface area contributed by atoms with Gasteiger partial charge in [0.15, 0.2) is 37.7 Å². The molecule has 16 N–H and O–H groups in total. The molecule has 0 amide bonds. The van der Waals surface area contributed by atoms with Gasteiger partial charge >= 0.3 is 0 Å². The van der Waals surface area contributed by atoms with E-state index in [1.165, 1.54) is 27.7 Å². The van der Waals surface area contributed by atoms with Crippen molar-refractivity contribution in [2.24, 2.45) is 0 Å². The number of rotatable bonds is 12. The van der Waals surface area contributed by atoms with E-state index < -0.39 is 197 Å². The normalized spacial score (nSPS) is 56.0. The van der Waals surface area contributed by atoms with Gasteiger partial charge in [0.05, 0.1) is 37.6 Å². The highest BCUT2D eigenvalue weighted by molar-refractivity contribution is 4.98. The number of hydrogen-bond acceptors (Lipinski definition) is 27. The van der Waals surface area contributed by atoms with Crippen molar-refractivity contribution in [1.29, 1.82) is 0 Å². The predicted octanol–water partition coefficient (Wildman–Crippen LogP) is -9.99. The fraction of sp³-hybridized carbons (Fsp3) is 1.00. The zero-order valence-corrected chi connectivity index (χ0v) is 34.4. The van der Waals surface area contributed by atoms with Gasteiger partial charge in [-0.3, -0.25) is 0 Å². The summed E-state index contributed by atoms with van der Waals surface area (Å²) in [6.45, 7) is 3.99. The standard InChI is InChI=1S/C36H62O27/c1-7-13(38)18(43)23(48)32(54-7)53-6-12-17(42)20(45)29(31(52)58-12)62-36-30(21(46)16(41)11(5-37)59-36)63-34-25(50)22(47)27(10(4)57-34)60-35-26(51)28(15(40)9(3)56-35)61-33-24(49)19(44)14(39)8(2)55-33/h7-52H,5-6H2,1-4H3/t7-,8-,9+,10-,11+,12+,13-,14-,15+,16+,17+,18+,19+,20-,21-,22-,23+,24+,25+,26+,27-,28-,29+,30+,31+,32+,33-,34-,35-,36-/m0/s1. The van der Waals surface area contributed by atoms with Crippen molar-refractivity contribution < 1.29 is 134 Å². The molecule has 0 aromatic heterocycles. The van der Waals surface area contributed by atoms with E-state index >= 15 is 0 Å². The fourth-order valence-electron chi connectivity index (χ4n) is 8.18. The highest BCUT2D eigenvalue weighted by Crippen LogP contribution is 2.36. The Morgan fingerprint density at radius 3 is 1.32 bits per heavy atom. The highest BCUT2D eigenvalue weighted by Gasteiger charge is 2.56. The largest absolute Gasteiger partial charge is 0.394 e. The number of hydrogen-bond donors (Lipinski definition) is 16. The van der Waals surface area contributed by atoms with Crippen molar-refractivity contribution >= 4 is 0 Å². The van der Waals surface area contributed by atoms with Crippen molar-refractivity contribution in [3.8, 4) is 0 Å². The molecule has 0 aliphatic carbocycles. The number of ether oxygens (including phenoxy) is 11. The van der Waals surface area contributed by atoms with Crippen molar-refractivity contribution in [3.05, 3.63) is 0 Å². The van der Waals surface area contributed by atoms with Crippen molar-refractivity contribution in [1.82, 2.24) is 0 Å². The van der Waals surface area contributed by atoms with Gasteiger partial charge in [0.1, 0.15) is 122 Å². The monoisotopic (exact) mass is 926 g/mol. The Kier molecular flexibility index (Phi) is 17.2. The average molecular weight is 927 g/mol. The first-order valence-electron chi connectivity index (χ1n) is 20.6. The second kappa shape index (κ2) is 21.1. The van der Waals surface area contributed by atoms with Crippen LogP contribution in [0.2, 0.25) is 0 Å². The second-order valence-corrected chi connectivity index (χ2v) is 16.7. The first-order chi connectivity index (χ1) is 29.6. The zero-order valence-electron chi connectivity index (χ0n) is 34.4. The molecule has 6 aliphatic heterocycles. The van der Waals surface area contributed by atoms with Gasteiger partial charge in [-0.2, -0.15) is 0 Å². The highest BCUT2D eigenvalue weighted by atomic mass is 16.8. The molecule has 6 heterocycles. The summed E-state index contributed by atoms with van der Waals surface area (Å²) in [5.74, 6) is 0. The topological polar surface area (TPSA) is 425 Å². The quantitative estimate of drug-likeness (QED) is 0.0864. The van der Waals surface area contributed by atoms with Gasteiger partial charge in [-0.05, 0) is 27.7 Å². The van der Waals surface area contributed by atoms with E-state index in [9.17, 15) is 81.7 Å². The summed E-state index contributed by atoms with van der Waals surface area (Å²) < 4.78 is 61.6. The maximum atomic E-state index is 11.3. The van der Waals surface area contributed by atoms with Crippen LogP contribution in [0.25, 0.3) is 0 Å². The molecule has 0 unspecified atom stereocenters. The molecule has 0 radical (unpaired) electrons. The first-order valence-corrected chi connectivity index (χ1v) is 20.6. The number of aliphatic hydroxyl groups excluding tert-OH is 16. The molecule has 0 aromatic rings. The summed E-state index contributed by atoms with van der Waals surface area (Å²) in [6, 6.07) is 0. The summed E-state index contributed by atoms with van der Waals surface area (Å²) in [4.78, 5) is 0. The molecule has 0 saturated carbocycles. The van der Waals surface area contributed by atoms with Gasteiger partial charge in [-0.1, -0.05) is 0 Å². The molecule has 63 heavy (non-hydrogen) atoms. The lowest BCUT2D eigenvalue weighted by atomic mass is 9.96. The molecule has 30 atom stereocenters. The van der Waals surface area contributed by atoms with Gasteiger partial charge in [0.2, 0.25) is 0 Å². The molecule has 6 saturated heterocycles. The Morgan fingerprint density at radius 2 is 0.730 bits per heavy atom. The Labute approximate surface area is 358 Å². The first kappa shape index (κ1) is 51.3. The zero-order chi connectivity index (χ0) is 46.5. The van der Waals surface area contributed by atoms with Gasteiger partial charge in [0.25, 0.3) is 0 Å². The maximum Gasteiger partial charge on any atom is 0.187 e. The number of aliphatic hydroxyl groups is 16. The third-order valence-electron chi connectivity index (χ3n) is 12.3. The summed E-state index contributed by atoms with van der Waals surface area (Å²) >= 11 is 0. The van der Waals surface area contributed by atoms with Crippen molar-refractivity contribution in [2.45, 2.75) is 212 Å². The minimum atomic E-state index is -2.09. The van der Waals surface area contributed by atoms with Crippen molar-refractivity contribution in [2.75, 3.05) is 13.2 Å². The van der Waals surface area contributed by atoms with E-state index in [2.05, 4.69) is 0 Å². The molecular weight excluding hydrogens is 864 g/mol. The van der Waals surface area contributed by atoms with Crippen LogP contribution in [0.15, 0.2) is 0 Å². The van der Waals surface area contributed by atoms with Gasteiger partial charge < -0.3 is 134 Å². The molecule has 6 rings (SSSR count). The lowest BCUT2D eigenvalue weighted by Gasteiger charge is -2.49. The van der Waals surface area contributed by atoms with Crippen LogP contribution in [-0.2, 0) is 52.1 Å². The van der Waals surface area contributed by atoms with Crippen LogP contribution in [0.3, 0.4) is 0 Å². The summed E-state index contributed by atoms with van der Waals surface area (Å²) in [6.07, 6.45) is -50.2. The fourth-order valence-corrected chi connectivity index (χ4v) is 8.18. The van der Waals surface area contributed by atoms with Gasteiger partial charge in [0, 0.05) is 0 Å². The molecule has 6 fully saturated rings. The molecule has 0 bridgehead atoms. The summed E-state index contributed by atoms with van der Waals surface area (Å²) in [7, 11) is 0. The second-order valence-electron chi connectivity index (χ2n) is 16.7. The molecule has 27 nitrogen and oxygen atoms in total. The molecule has 368 valence electrons. The Bertz CT molecular complexity index is 1440. The lowest BCUT2D eigenvalue weighted by molar-refractivity contribution is -0.399. The van der Waals surface area contributed by atoms with E-state index in [1.807, 2.05) is 0 Å². The molecule has 0 spiro atoms. The maximum absolute atomic E-state index is 11.3. The van der Waals surface area contributed by atoms with E-state index in [0.29, 0.717) is 0 Å². The van der Waals surface area contributed by atoms with Gasteiger partial charge in [-0.15, -0.1) is 0 Å². The minimum Gasteiger partial charge on any atom is -0.394 e. The Morgan fingerprint density at radius 1 is 0.317 bits per heavy atom. The molecule has 0 aromatic carbocycles. The lowest BCUT2D eigenvalue weighted by Crippen LogP contribution is -2.67.